The molecule has 0 spiro atoms. The lowest BCUT2D eigenvalue weighted by atomic mass is 10.0. The summed E-state index contributed by atoms with van der Waals surface area (Å²) in [4.78, 5) is 38.3. The minimum absolute atomic E-state index is 0.0764. The first kappa shape index (κ1) is 71.6. The molecule has 0 aliphatic rings. The average Bonchev–Trinajstić information content (AvgIpc) is 3.40. The van der Waals surface area contributed by atoms with Gasteiger partial charge >= 0.3 is 17.9 Å². The molecule has 74 heavy (non-hydrogen) atoms. The Morgan fingerprint density at radius 1 is 0.270 bits per heavy atom. The van der Waals surface area contributed by atoms with Crippen LogP contribution in [0, 0.1) is 0 Å². The van der Waals surface area contributed by atoms with Crippen LogP contribution in [0.15, 0.2) is 36.5 Å². The lowest BCUT2D eigenvalue weighted by Crippen LogP contribution is -2.30. The maximum Gasteiger partial charge on any atom is 0.306 e. The third-order valence-electron chi connectivity index (χ3n) is 14.9. The second-order valence-electron chi connectivity index (χ2n) is 22.4. The fourth-order valence-corrected chi connectivity index (χ4v) is 9.88. The molecule has 0 radical (unpaired) electrons. The Kier molecular flexibility index (Phi) is 61.1. The molecule has 0 aromatic rings. The van der Waals surface area contributed by atoms with Crippen molar-refractivity contribution in [1.82, 2.24) is 0 Å². The van der Waals surface area contributed by atoms with Crippen LogP contribution in [0.25, 0.3) is 0 Å². The first-order valence-electron chi connectivity index (χ1n) is 33.0. The van der Waals surface area contributed by atoms with Gasteiger partial charge in [-0.3, -0.25) is 14.4 Å². The van der Waals surface area contributed by atoms with Gasteiger partial charge in [0.25, 0.3) is 0 Å². The molecule has 0 N–H and O–H groups in total. The number of esters is 3. The summed E-state index contributed by atoms with van der Waals surface area (Å²) in [6, 6.07) is 0. The van der Waals surface area contributed by atoms with Crippen LogP contribution in [0.4, 0.5) is 0 Å². The summed E-state index contributed by atoms with van der Waals surface area (Å²) in [5, 5.41) is 0. The van der Waals surface area contributed by atoms with E-state index >= 15 is 0 Å². The Balaban J connectivity index is 4.26. The van der Waals surface area contributed by atoms with E-state index in [4.69, 9.17) is 14.2 Å². The second-order valence-corrected chi connectivity index (χ2v) is 22.4. The van der Waals surface area contributed by atoms with E-state index in [0.29, 0.717) is 19.3 Å². The highest BCUT2D eigenvalue weighted by atomic mass is 16.6. The van der Waals surface area contributed by atoms with E-state index in [-0.39, 0.29) is 31.1 Å². The molecular formula is C68H126O6. The summed E-state index contributed by atoms with van der Waals surface area (Å²) in [6.45, 7) is 6.66. The molecule has 0 heterocycles. The van der Waals surface area contributed by atoms with Crippen molar-refractivity contribution in [3.8, 4) is 0 Å². The Labute approximate surface area is 461 Å². The van der Waals surface area contributed by atoms with Crippen LogP contribution in [0.3, 0.4) is 0 Å². The van der Waals surface area contributed by atoms with Gasteiger partial charge in [0, 0.05) is 19.3 Å². The molecule has 0 bridgehead atoms. The number of allylic oxidation sites excluding steroid dienone is 6. The highest BCUT2D eigenvalue weighted by Gasteiger charge is 2.19. The summed E-state index contributed by atoms with van der Waals surface area (Å²) in [5.74, 6) is -0.876. The van der Waals surface area contributed by atoms with Gasteiger partial charge in [0.05, 0.1) is 0 Å². The zero-order valence-electron chi connectivity index (χ0n) is 49.9. The minimum atomic E-state index is -0.781. The molecule has 0 fully saturated rings. The van der Waals surface area contributed by atoms with Gasteiger partial charge in [0.15, 0.2) is 6.10 Å². The number of hydrogen-bond donors (Lipinski definition) is 0. The van der Waals surface area contributed by atoms with Crippen molar-refractivity contribution in [2.24, 2.45) is 0 Å². The predicted molar refractivity (Wildman–Crippen MR) is 321 cm³/mol. The summed E-state index contributed by atoms with van der Waals surface area (Å²) in [5.41, 5.74) is 0. The lowest BCUT2D eigenvalue weighted by Gasteiger charge is -2.18. The van der Waals surface area contributed by atoms with E-state index < -0.39 is 6.10 Å². The van der Waals surface area contributed by atoms with Crippen molar-refractivity contribution in [1.29, 1.82) is 0 Å². The molecule has 0 saturated heterocycles. The zero-order chi connectivity index (χ0) is 53.6. The van der Waals surface area contributed by atoms with Gasteiger partial charge in [0.2, 0.25) is 0 Å². The fourth-order valence-electron chi connectivity index (χ4n) is 9.88. The average molecular weight is 1040 g/mol. The van der Waals surface area contributed by atoms with Gasteiger partial charge in [-0.1, -0.05) is 301 Å². The third kappa shape index (κ3) is 60.5. The highest BCUT2D eigenvalue weighted by molar-refractivity contribution is 5.71. The van der Waals surface area contributed by atoms with Crippen LogP contribution in [0.5, 0.6) is 0 Å². The van der Waals surface area contributed by atoms with E-state index in [2.05, 4.69) is 57.2 Å². The second kappa shape index (κ2) is 63.2. The van der Waals surface area contributed by atoms with Gasteiger partial charge in [-0.2, -0.15) is 0 Å². The molecule has 1 atom stereocenters. The van der Waals surface area contributed by atoms with Gasteiger partial charge < -0.3 is 14.2 Å². The van der Waals surface area contributed by atoms with Crippen molar-refractivity contribution in [3.05, 3.63) is 36.5 Å². The zero-order valence-corrected chi connectivity index (χ0v) is 49.9. The summed E-state index contributed by atoms with van der Waals surface area (Å²) < 4.78 is 16.9. The maximum atomic E-state index is 12.9. The van der Waals surface area contributed by atoms with Crippen molar-refractivity contribution in [2.45, 2.75) is 367 Å². The number of carbonyl (C=O) groups excluding carboxylic acids is 3. The predicted octanol–water partition coefficient (Wildman–Crippen LogP) is 22.4. The van der Waals surface area contributed by atoms with Gasteiger partial charge in [0.1, 0.15) is 13.2 Å². The van der Waals surface area contributed by atoms with Crippen LogP contribution in [0.2, 0.25) is 0 Å². The molecule has 0 aliphatic carbocycles. The molecule has 0 amide bonds. The summed E-state index contributed by atoms with van der Waals surface area (Å²) >= 11 is 0. The van der Waals surface area contributed by atoms with E-state index in [1.807, 2.05) is 0 Å². The van der Waals surface area contributed by atoms with Crippen molar-refractivity contribution in [3.63, 3.8) is 0 Å². The molecule has 434 valence electrons. The van der Waals surface area contributed by atoms with Gasteiger partial charge in [-0.15, -0.1) is 0 Å². The van der Waals surface area contributed by atoms with Crippen molar-refractivity contribution in [2.75, 3.05) is 13.2 Å². The van der Waals surface area contributed by atoms with Crippen molar-refractivity contribution < 1.29 is 28.6 Å². The Bertz CT molecular complexity index is 1240. The summed E-state index contributed by atoms with van der Waals surface area (Å²) in [6.07, 6.45) is 77.3. The monoisotopic (exact) mass is 1040 g/mol. The number of unbranched alkanes of at least 4 members (excludes halogenated alkanes) is 44. The van der Waals surface area contributed by atoms with Gasteiger partial charge in [-0.05, 0) is 77.0 Å². The highest BCUT2D eigenvalue weighted by Crippen LogP contribution is 2.18. The molecule has 0 aromatic heterocycles. The molecular weight excluding hydrogens is 913 g/mol. The van der Waals surface area contributed by atoms with Crippen LogP contribution in [-0.4, -0.2) is 37.2 Å². The SMILES string of the molecule is CCCCCC/C=C\C/C=C\CCCCCCCC(=O)OC(COC(=O)CCCCCCC/C=C\CCCCCCCC)COC(=O)CCCCCCCCCCCCCCCCCCCCCCCCCCC. The largest absolute Gasteiger partial charge is 0.462 e. The molecule has 6 nitrogen and oxygen atoms in total. The van der Waals surface area contributed by atoms with Crippen molar-refractivity contribution >= 4 is 17.9 Å². The van der Waals surface area contributed by atoms with Crippen LogP contribution in [0.1, 0.15) is 361 Å². The first-order valence-corrected chi connectivity index (χ1v) is 33.0. The Morgan fingerprint density at radius 2 is 0.486 bits per heavy atom. The Morgan fingerprint density at radius 3 is 0.770 bits per heavy atom. The number of ether oxygens (including phenoxy) is 3. The summed E-state index contributed by atoms with van der Waals surface area (Å²) in [7, 11) is 0. The van der Waals surface area contributed by atoms with Gasteiger partial charge in [-0.25, -0.2) is 0 Å². The molecule has 0 aliphatic heterocycles. The van der Waals surface area contributed by atoms with E-state index in [9.17, 15) is 14.4 Å². The van der Waals surface area contributed by atoms with E-state index in [1.54, 1.807) is 0 Å². The normalized spacial score (nSPS) is 12.2. The maximum absolute atomic E-state index is 12.9. The Hall–Kier alpha value is -2.37. The molecule has 6 heteroatoms. The molecule has 1 unspecified atom stereocenters. The molecule has 0 rings (SSSR count). The number of hydrogen-bond acceptors (Lipinski definition) is 6. The topological polar surface area (TPSA) is 78.9 Å². The lowest BCUT2D eigenvalue weighted by molar-refractivity contribution is -0.167. The standard InChI is InChI=1S/C68H126O6/c1-4-7-10-13-16-19-22-25-28-30-31-32-33-34-35-36-37-38-41-43-46-49-52-55-58-61-67(70)73-64-65(63-72-66(69)60-57-54-51-48-45-42-39-27-24-21-18-15-12-9-6-3)74-68(71)62-59-56-53-50-47-44-40-29-26-23-20-17-14-11-8-5-2/h20,23,27,29,39-40,65H,4-19,21-22,24-26,28,30-38,41-64H2,1-3H3/b23-20-,39-27-,40-29-. The van der Waals surface area contributed by atoms with E-state index in [0.717, 1.165) is 89.9 Å². The third-order valence-corrected chi connectivity index (χ3v) is 14.9. The molecule has 0 aromatic carbocycles. The smallest absolute Gasteiger partial charge is 0.306 e. The van der Waals surface area contributed by atoms with Crippen LogP contribution in [-0.2, 0) is 28.6 Å². The quantitative estimate of drug-likeness (QED) is 0.0261. The number of carbonyl (C=O) groups is 3. The van der Waals surface area contributed by atoms with E-state index in [1.165, 1.54) is 231 Å². The number of rotatable bonds is 61. The van der Waals surface area contributed by atoms with Crippen LogP contribution < -0.4 is 0 Å². The fraction of sp³-hybridized carbons (Fsp3) is 0.868. The molecule has 0 saturated carbocycles. The van der Waals surface area contributed by atoms with Crippen LogP contribution >= 0.6 is 0 Å². The first-order chi connectivity index (χ1) is 36.5. The minimum Gasteiger partial charge on any atom is -0.462 e.